The Morgan fingerprint density at radius 3 is 2.17 bits per heavy atom. The van der Waals surface area contributed by atoms with Crippen molar-refractivity contribution < 1.29 is 0 Å². The molecule has 0 aromatic heterocycles. The van der Waals surface area contributed by atoms with Gasteiger partial charge in [0.15, 0.2) is 5.96 Å². The molecule has 0 aromatic rings. The molecule has 1 rings (SSSR count). The van der Waals surface area contributed by atoms with E-state index in [1.165, 1.54) is 0 Å². The van der Waals surface area contributed by atoms with Gasteiger partial charge in [0, 0.05) is 25.2 Å². The van der Waals surface area contributed by atoms with E-state index in [-0.39, 0.29) is 29.9 Å². The first kappa shape index (κ1) is 12.0. The Morgan fingerprint density at radius 2 is 1.83 bits per heavy atom. The molecule has 0 aromatic carbocycles. The summed E-state index contributed by atoms with van der Waals surface area (Å²) in [4.78, 5) is 1.89. The zero-order chi connectivity index (χ0) is 8.43. The fourth-order valence-corrected chi connectivity index (χ4v) is 1.52. The van der Waals surface area contributed by atoms with Crippen molar-refractivity contribution in [2.45, 2.75) is 25.9 Å². The van der Waals surface area contributed by atoms with Gasteiger partial charge in [-0.3, -0.25) is 5.41 Å². The van der Waals surface area contributed by atoms with Crippen LogP contribution >= 0.6 is 24.0 Å². The van der Waals surface area contributed by atoms with Gasteiger partial charge < -0.3 is 16.0 Å². The lowest BCUT2D eigenvalue weighted by molar-refractivity contribution is 0.252. The van der Waals surface area contributed by atoms with E-state index in [0.29, 0.717) is 12.1 Å². The van der Waals surface area contributed by atoms with Crippen molar-refractivity contribution in [1.82, 2.24) is 10.2 Å². The maximum atomic E-state index is 7.24. The highest BCUT2D eigenvalue weighted by Crippen LogP contribution is 2.01. The summed E-state index contributed by atoms with van der Waals surface area (Å²) in [6, 6.07) is 0.866. The van der Waals surface area contributed by atoms with Crippen molar-refractivity contribution in [3.05, 3.63) is 0 Å². The molecule has 1 fully saturated rings. The molecular formula is C7H17IN4. The molecule has 4 nitrogen and oxygen atoms in total. The summed E-state index contributed by atoms with van der Waals surface area (Å²) in [7, 11) is 0. The summed E-state index contributed by atoms with van der Waals surface area (Å²) in [6.07, 6.45) is 0. The number of halogens is 1. The molecular weight excluding hydrogens is 267 g/mol. The molecule has 5 heteroatoms. The third kappa shape index (κ3) is 3.14. The average molecular weight is 284 g/mol. The first-order valence-electron chi connectivity index (χ1n) is 3.94. The summed E-state index contributed by atoms with van der Waals surface area (Å²) < 4.78 is 0. The van der Waals surface area contributed by atoms with Crippen LogP contribution in [0.1, 0.15) is 13.8 Å². The second-order valence-corrected chi connectivity index (χ2v) is 3.26. The van der Waals surface area contributed by atoms with E-state index in [1.807, 2.05) is 4.90 Å². The van der Waals surface area contributed by atoms with E-state index >= 15 is 0 Å². The minimum atomic E-state index is 0. The summed E-state index contributed by atoms with van der Waals surface area (Å²) in [5, 5.41) is 10.6. The Kier molecular flexibility index (Phi) is 4.84. The van der Waals surface area contributed by atoms with Crippen molar-refractivity contribution in [2.75, 3.05) is 13.1 Å². The van der Waals surface area contributed by atoms with Gasteiger partial charge in [-0.25, -0.2) is 0 Å². The number of hydrogen-bond donors (Lipinski definition) is 3. The van der Waals surface area contributed by atoms with Crippen LogP contribution in [0.15, 0.2) is 0 Å². The third-order valence-corrected chi connectivity index (χ3v) is 1.90. The third-order valence-electron chi connectivity index (χ3n) is 1.90. The maximum Gasteiger partial charge on any atom is 0.188 e. The molecule has 72 valence electrons. The molecule has 0 bridgehead atoms. The Morgan fingerprint density at radius 1 is 1.42 bits per heavy atom. The number of guanidine groups is 1. The van der Waals surface area contributed by atoms with Crippen molar-refractivity contribution in [3.63, 3.8) is 0 Å². The van der Waals surface area contributed by atoms with Gasteiger partial charge in [0.05, 0.1) is 0 Å². The molecule has 0 aliphatic carbocycles. The van der Waals surface area contributed by atoms with Crippen LogP contribution in [-0.4, -0.2) is 36.0 Å². The zero-order valence-corrected chi connectivity index (χ0v) is 9.83. The molecule has 0 spiro atoms. The minimum Gasteiger partial charge on any atom is -0.370 e. The predicted molar refractivity (Wildman–Crippen MR) is 61.0 cm³/mol. The lowest BCUT2D eigenvalue weighted by Gasteiger charge is -2.36. The SMILES string of the molecule is CC1CN(C(=N)N)CC(C)N1.I. The van der Waals surface area contributed by atoms with E-state index in [0.717, 1.165) is 13.1 Å². The van der Waals surface area contributed by atoms with Crippen LogP contribution < -0.4 is 11.1 Å². The number of hydrogen-bond acceptors (Lipinski definition) is 2. The molecule has 0 saturated carbocycles. The van der Waals surface area contributed by atoms with Gasteiger partial charge in [-0.15, -0.1) is 24.0 Å². The normalized spacial score (nSPS) is 29.3. The van der Waals surface area contributed by atoms with Gasteiger partial charge in [-0.05, 0) is 13.8 Å². The smallest absolute Gasteiger partial charge is 0.188 e. The van der Waals surface area contributed by atoms with Gasteiger partial charge in [0.25, 0.3) is 0 Å². The molecule has 1 aliphatic heterocycles. The molecule has 2 atom stereocenters. The summed E-state index contributed by atoms with van der Waals surface area (Å²) >= 11 is 0. The van der Waals surface area contributed by atoms with Crippen LogP contribution in [0.5, 0.6) is 0 Å². The van der Waals surface area contributed by atoms with Crippen LogP contribution in [0, 0.1) is 5.41 Å². The van der Waals surface area contributed by atoms with Crippen LogP contribution in [-0.2, 0) is 0 Å². The van der Waals surface area contributed by atoms with Gasteiger partial charge in [-0.2, -0.15) is 0 Å². The number of nitrogens with one attached hydrogen (secondary N) is 2. The first-order chi connectivity index (χ1) is 5.09. The molecule has 0 radical (unpaired) electrons. The Hall–Kier alpha value is -0.0400. The van der Waals surface area contributed by atoms with Crippen molar-refractivity contribution >= 4 is 29.9 Å². The fourth-order valence-electron chi connectivity index (χ4n) is 1.52. The molecule has 1 saturated heterocycles. The lowest BCUT2D eigenvalue weighted by atomic mass is 10.1. The maximum absolute atomic E-state index is 7.24. The number of rotatable bonds is 0. The Bertz CT molecular complexity index is 151. The average Bonchev–Trinajstić information content (AvgIpc) is 1.85. The fraction of sp³-hybridized carbons (Fsp3) is 0.857. The number of nitrogens with two attached hydrogens (primary N) is 1. The highest BCUT2D eigenvalue weighted by molar-refractivity contribution is 14.0. The van der Waals surface area contributed by atoms with Crippen molar-refractivity contribution in [2.24, 2.45) is 5.73 Å². The monoisotopic (exact) mass is 284 g/mol. The van der Waals surface area contributed by atoms with Gasteiger partial charge in [-0.1, -0.05) is 0 Å². The van der Waals surface area contributed by atoms with Gasteiger partial charge >= 0.3 is 0 Å². The molecule has 4 N–H and O–H groups in total. The lowest BCUT2D eigenvalue weighted by Crippen LogP contribution is -2.57. The Labute approximate surface area is 90.4 Å². The van der Waals surface area contributed by atoms with E-state index in [1.54, 1.807) is 0 Å². The van der Waals surface area contributed by atoms with Crippen LogP contribution in [0.25, 0.3) is 0 Å². The van der Waals surface area contributed by atoms with E-state index in [2.05, 4.69) is 19.2 Å². The van der Waals surface area contributed by atoms with Crippen molar-refractivity contribution in [3.8, 4) is 0 Å². The predicted octanol–water partition coefficient (Wildman–Crippen LogP) is 0.180. The quantitative estimate of drug-likeness (QED) is 0.338. The summed E-state index contributed by atoms with van der Waals surface area (Å²) in [5.74, 6) is 0.185. The zero-order valence-electron chi connectivity index (χ0n) is 7.50. The first-order valence-corrected chi connectivity index (χ1v) is 3.94. The summed E-state index contributed by atoms with van der Waals surface area (Å²) in [6.45, 7) is 5.90. The highest BCUT2D eigenvalue weighted by atomic mass is 127. The van der Waals surface area contributed by atoms with E-state index in [4.69, 9.17) is 11.1 Å². The molecule has 2 unspecified atom stereocenters. The topological polar surface area (TPSA) is 65.1 Å². The molecule has 1 aliphatic rings. The van der Waals surface area contributed by atoms with Crippen molar-refractivity contribution in [1.29, 1.82) is 5.41 Å². The minimum absolute atomic E-state index is 0. The molecule has 12 heavy (non-hydrogen) atoms. The number of piperazine rings is 1. The highest BCUT2D eigenvalue weighted by Gasteiger charge is 2.20. The van der Waals surface area contributed by atoms with Crippen LogP contribution in [0.2, 0.25) is 0 Å². The molecule has 1 heterocycles. The summed E-state index contributed by atoms with van der Waals surface area (Å²) in [5.41, 5.74) is 5.37. The van der Waals surface area contributed by atoms with E-state index in [9.17, 15) is 0 Å². The van der Waals surface area contributed by atoms with Crippen LogP contribution in [0.3, 0.4) is 0 Å². The largest absolute Gasteiger partial charge is 0.370 e. The number of nitrogens with zero attached hydrogens (tertiary/aromatic N) is 1. The van der Waals surface area contributed by atoms with E-state index < -0.39 is 0 Å². The Balaban J connectivity index is 0.00000121. The van der Waals surface area contributed by atoms with Gasteiger partial charge in [0.2, 0.25) is 0 Å². The van der Waals surface area contributed by atoms with Crippen LogP contribution in [0.4, 0.5) is 0 Å². The second-order valence-electron chi connectivity index (χ2n) is 3.26. The standard InChI is InChI=1S/C7H16N4.HI/c1-5-3-11(7(8)9)4-6(2)10-5;/h5-6,10H,3-4H2,1-2H3,(H3,8,9);1H. The molecule has 0 amide bonds. The second kappa shape index (κ2) is 4.86. The van der Waals surface area contributed by atoms with Gasteiger partial charge in [0.1, 0.15) is 0 Å².